The molecular formula is C10H12BrClN2O. The van der Waals surface area contributed by atoms with Crippen molar-refractivity contribution in [3.8, 4) is 0 Å². The Bertz CT molecular complexity index is 367. The summed E-state index contributed by atoms with van der Waals surface area (Å²) in [6.45, 7) is 5.40. The normalized spacial score (nSPS) is 11.3. The van der Waals surface area contributed by atoms with E-state index in [0.717, 1.165) is 5.56 Å². The van der Waals surface area contributed by atoms with Gasteiger partial charge in [0.05, 0.1) is 10.0 Å². The van der Waals surface area contributed by atoms with Gasteiger partial charge in [0, 0.05) is 6.20 Å². The smallest absolute Gasteiger partial charge is 0.240 e. The molecule has 1 N–H and O–H groups in total. The van der Waals surface area contributed by atoms with Crippen molar-refractivity contribution in [3.63, 3.8) is 0 Å². The Balaban J connectivity index is 2.95. The number of carbonyl (C=O) groups is 1. The van der Waals surface area contributed by atoms with Gasteiger partial charge in [-0.05, 0) is 32.4 Å². The van der Waals surface area contributed by atoms with Gasteiger partial charge in [-0.1, -0.05) is 27.5 Å². The van der Waals surface area contributed by atoms with Gasteiger partial charge in [0.25, 0.3) is 0 Å². The molecule has 0 unspecified atom stereocenters. The van der Waals surface area contributed by atoms with Crippen LogP contribution in [0.5, 0.6) is 0 Å². The van der Waals surface area contributed by atoms with E-state index in [4.69, 9.17) is 11.6 Å². The molecule has 0 fully saturated rings. The van der Waals surface area contributed by atoms with Gasteiger partial charge in [-0.2, -0.15) is 0 Å². The van der Waals surface area contributed by atoms with E-state index < -0.39 is 4.32 Å². The van der Waals surface area contributed by atoms with Gasteiger partial charge in [-0.3, -0.25) is 4.79 Å². The van der Waals surface area contributed by atoms with Crippen LogP contribution in [0, 0.1) is 6.92 Å². The van der Waals surface area contributed by atoms with E-state index in [1.54, 1.807) is 26.1 Å². The minimum atomic E-state index is -0.626. The lowest BCUT2D eigenvalue weighted by molar-refractivity contribution is -0.117. The fourth-order valence-electron chi connectivity index (χ4n) is 0.937. The van der Waals surface area contributed by atoms with E-state index in [1.165, 1.54) is 0 Å². The van der Waals surface area contributed by atoms with Crippen molar-refractivity contribution in [2.45, 2.75) is 25.1 Å². The largest absolute Gasteiger partial charge is 0.322 e. The molecule has 15 heavy (non-hydrogen) atoms. The highest BCUT2D eigenvalue weighted by molar-refractivity contribution is 9.10. The number of anilines is 1. The summed E-state index contributed by atoms with van der Waals surface area (Å²) in [4.78, 5) is 15.6. The molecule has 0 radical (unpaired) electrons. The molecule has 5 heteroatoms. The highest BCUT2D eigenvalue weighted by Gasteiger charge is 2.24. The summed E-state index contributed by atoms with van der Waals surface area (Å²) in [5.41, 5.74) is 1.46. The lowest BCUT2D eigenvalue weighted by atomic mass is 10.2. The van der Waals surface area contributed by atoms with Crippen LogP contribution in [0.25, 0.3) is 0 Å². The van der Waals surface area contributed by atoms with E-state index >= 15 is 0 Å². The highest BCUT2D eigenvalue weighted by Crippen LogP contribution is 2.25. The van der Waals surface area contributed by atoms with Gasteiger partial charge in [-0.15, -0.1) is 0 Å². The number of pyridine rings is 1. The Kier molecular flexibility index (Phi) is 3.73. The number of aromatic nitrogens is 1. The minimum Gasteiger partial charge on any atom is -0.322 e. The average molecular weight is 292 g/mol. The Morgan fingerprint density at radius 2 is 2.20 bits per heavy atom. The summed E-state index contributed by atoms with van der Waals surface area (Å²) >= 11 is 9.16. The zero-order valence-electron chi connectivity index (χ0n) is 8.77. The van der Waals surface area contributed by atoms with E-state index in [-0.39, 0.29) is 5.91 Å². The number of nitrogens with one attached hydrogen (secondary N) is 1. The number of aryl methyl sites for hydroxylation is 1. The monoisotopic (exact) mass is 290 g/mol. The van der Waals surface area contributed by atoms with Crippen LogP contribution in [-0.4, -0.2) is 15.2 Å². The molecule has 1 rings (SSSR count). The van der Waals surface area contributed by atoms with Crippen LogP contribution < -0.4 is 5.32 Å². The highest BCUT2D eigenvalue weighted by atomic mass is 79.9. The summed E-state index contributed by atoms with van der Waals surface area (Å²) < 4.78 is -0.626. The third-order valence-electron chi connectivity index (χ3n) is 1.89. The number of alkyl halides is 1. The van der Waals surface area contributed by atoms with Crippen LogP contribution >= 0.6 is 27.5 Å². The van der Waals surface area contributed by atoms with Gasteiger partial charge < -0.3 is 5.32 Å². The first kappa shape index (κ1) is 12.5. The van der Waals surface area contributed by atoms with E-state index in [0.29, 0.717) is 10.8 Å². The molecular weight excluding hydrogens is 279 g/mol. The first-order valence-corrected chi connectivity index (χ1v) is 5.61. The summed E-state index contributed by atoms with van der Waals surface area (Å²) in [6.07, 6.45) is 1.60. The number of rotatable bonds is 2. The number of halogens is 2. The summed E-state index contributed by atoms with van der Waals surface area (Å²) in [7, 11) is 0. The molecule has 1 aromatic heterocycles. The molecule has 0 bridgehead atoms. The molecule has 82 valence electrons. The fourth-order valence-corrected chi connectivity index (χ4v) is 1.29. The number of carbonyl (C=O) groups excluding carboxylic acids is 1. The zero-order valence-corrected chi connectivity index (χ0v) is 11.1. The fraction of sp³-hybridized carbons (Fsp3) is 0.400. The van der Waals surface area contributed by atoms with Crippen LogP contribution in [0.2, 0.25) is 5.15 Å². The Hall–Kier alpha value is -0.610. The Labute approximate surface area is 102 Å². The second-order valence-electron chi connectivity index (χ2n) is 3.72. The maximum absolute atomic E-state index is 11.7. The second kappa shape index (κ2) is 4.49. The molecule has 0 atom stereocenters. The van der Waals surface area contributed by atoms with Gasteiger partial charge in [0.1, 0.15) is 0 Å². The predicted octanol–water partition coefficient (Wildman–Crippen LogP) is 3.16. The number of hydrogen-bond acceptors (Lipinski definition) is 2. The van der Waals surface area contributed by atoms with E-state index in [9.17, 15) is 4.79 Å². The molecule has 0 spiro atoms. The van der Waals surface area contributed by atoms with Crippen molar-refractivity contribution < 1.29 is 4.79 Å². The van der Waals surface area contributed by atoms with Crippen molar-refractivity contribution >= 4 is 39.1 Å². The van der Waals surface area contributed by atoms with Crippen LogP contribution in [0.1, 0.15) is 19.4 Å². The number of amides is 1. The molecule has 1 amide bonds. The summed E-state index contributed by atoms with van der Waals surface area (Å²) in [5.74, 6) is -0.152. The maximum atomic E-state index is 11.7. The molecule has 0 saturated carbocycles. The molecule has 0 aliphatic rings. The first-order chi connectivity index (χ1) is 6.82. The van der Waals surface area contributed by atoms with Crippen LogP contribution in [0.4, 0.5) is 5.69 Å². The molecule has 0 aliphatic heterocycles. The molecule has 0 saturated heterocycles. The third kappa shape index (κ3) is 3.18. The quantitative estimate of drug-likeness (QED) is 0.672. The molecule has 1 heterocycles. The summed E-state index contributed by atoms with van der Waals surface area (Å²) in [6, 6.07) is 1.79. The van der Waals surface area contributed by atoms with Crippen molar-refractivity contribution in [2.75, 3.05) is 5.32 Å². The molecule has 0 aromatic carbocycles. The average Bonchev–Trinajstić information content (AvgIpc) is 2.09. The summed E-state index contributed by atoms with van der Waals surface area (Å²) in [5, 5.41) is 3.04. The standard InChI is InChI=1S/C10H12BrClN2O/c1-6-4-5-13-8(12)7(6)14-9(15)10(2,3)11/h4-5H,1-3H3,(H,14,15). The number of hydrogen-bond donors (Lipinski definition) is 1. The van der Waals surface area contributed by atoms with Gasteiger partial charge in [0.2, 0.25) is 5.91 Å². The third-order valence-corrected chi connectivity index (χ3v) is 2.54. The minimum absolute atomic E-state index is 0.152. The Morgan fingerprint density at radius 1 is 1.60 bits per heavy atom. The van der Waals surface area contributed by atoms with Gasteiger partial charge >= 0.3 is 0 Å². The van der Waals surface area contributed by atoms with Gasteiger partial charge in [-0.25, -0.2) is 4.98 Å². The Morgan fingerprint density at radius 3 is 2.67 bits per heavy atom. The predicted molar refractivity (Wildman–Crippen MR) is 65.6 cm³/mol. The van der Waals surface area contributed by atoms with Crippen LogP contribution in [-0.2, 0) is 4.79 Å². The van der Waals surface area contributed by atoms with Crippen molar-refractivity contribution in [1.82, 2.24) is 4.98 Å². The van der Waals surface area contributed by atoms with Crippen LogP contribution in [0.15, 0.2) is 12.3 Å². The maximum Gasteiger partial charge on any atom is 0.240 e. The number of nitrogens with zero attached hydrogens (tertiary/aromatic N) is 1. The van der Waals surface area contributed by atoms with E-state index in [1.807, 2.05) is 6.92 Å². The van der Waals surface area contributed by atoms with Gasteiger partial charge in [0.15, 0.2) is 5.15 Å². The first-order valence-electron chi connectivity index (χ1n) is 4.44. The second-order valence-corrected chi connectivity index (χ2v) is 6.06. The van der Waals surface area contributed by atoms with Crippen molar-refractivity contribution in [2.24, 2.45) is 0 Å². The zero-order chi connectivity index (χ0) is 11.6. The van der Waals surface area contributed by atoms with E-state index in [2.05, 4.69) is 26.2 Å². The van der Waals surface area contributed by atoms with Crippen molar-refractivity contribution in [3.05, 3.63) is 23.0 Å². The van der Waals surface area contributed by atoms with Crippen LogP contribution in [0.3, 0.4) is 0 Å². The molecule has 0 aliphatic carbocycles. The van der Waals surface area contributed by atoms with Crippen molar-refractivity contribution in [1.29, 1.82) is 0 Å². The SMILES string of the molecule is Cc1ccnc(Cl)c1NC(=O)C(C)(C)Br. The molecule has 3 nitrogen and oxygen atoms in total. The molecule has 1 aromatic rings. The lowest BCUT2D eigenvalue weighted by Crippen LogP contribution is -2.31. The lowest BCUT2D eigenvalue weighted by Gasteiger charge is -2.17. The topological polar surface area (TPSA) is 42.0 Å².